The summed E-state index contributed by atoms with van der Waals surface area (Å²) < 4.78 is 5.23. The minimum absolute atomic E-state index is 0.131. The van der Waals surface area contributed by atoms with Crippen LogP contribution in [0.4, 0.5) is 11.4 Å². The molecule has 1 aliphatic heterocycles. The van der Waals surface area contributed by atoms with Gasteiger partial charge in [-0.05, 0) is 6.07 Å². The van der Waals surface area contributed by atoms with Crippen LogP contribution in [0.1, 0.15) is 0 Å². The number of fused-ring (bicyclic) bond motifs is 1. The van der Waals surface area contributed by atoms with Crippen molar-refractivity contribution in [2.24, 2.45) is 0 Å². The minimum atomic E-state index is -1.76. The van der Waals surface area contributed by atoms with Crippen LogP contribution in [0.2, 0.25) is 0 Å². The lowest BCUT2D eigenvalue weighted by molar-refractivity contribution is -0.384. The van der Waals surface area contributed by atoms with Crippen molar-refractivity contribution in [3.63, 3.8) is 0 Å². The minimum Gasteiger partial charge on any atom is -0.470 e. The zero-order valence-electron chi connectivity index (χ0n) is 9.12. The van der Waals surface area contributed by atoms with Gasteiger partial charge in [0.05, 0.1) is 23.8 Å². The van der Waals surface area contributed by atoms with E-state index in [4.69, 9.17) is 14.9 Å². The Labute approximate surface area is 101 Å². The Hall–Kier alpha value is -2.19. The van der Waals surface area contributed by atoms with Crippen LogP contribution in [0.25, 0.3) is 0 Å². The molecule has 1 aromatic carbocycles. The molecule has 18 heavy (non-hydrogen) atoms. The summed E-state index contributed by atoms with van der Waals surface area (Å²) in [6.07, 6.45) is 0. The number of carbonyl (C=O) groups excluding carboxylic acids is 1. The monoisotopic (exact) mass is 254 g/mol. The van der Waals surface area contributed by atoms with Crippen molar-refractivity contribution in [1.29, 1.82) is 0 Å². The number of aliphatic hydroxyl groups is 2. The van der Waals surface area contributed by atoms with Crippen molar-refractivity contribution in [3.05, 3.63) is 28.3 Å². The van der Waals surface area contributed by atoms with Gasteiger partial charge in [-0.2, -0.15) is 0 Å². The van der Waals surface area contributed by atoms with Gasteiger partial charge in [-0.25, -0.2) is 0 Å². The SMILES string of the molecule is O=C1Nc2cc([N+](=O)[O-])ccc2OC1(CO)CO. The number of hydrogen-bond acceptors (Lipinski definition) is 6. The van der Waals surface area contributed by atoms with Crippen LogP contribution in [0.15, 0.2) is 18.2 Å². The Kier molecular flexibility index (Phi) is 2.89. The lowest BCUT2D eigenvalue weighted by Crippen LogP contribution is -2.56. The number of ether oxygens (including phenoxy) is 1. The average Bonchev–Trinajstić information content (AvgIpc) is 2.37. The van der Waals surface area contributed by atoms with E-state index in [1.54, 1.807) is 0 Å². The molecule has 0 aliphatic carbocycles. The Bertz CT molecular complexity index is 511. The maximum absolute atomic E-state index is 11.7. The number of aliphatic hydroxyl groups excluding tert-OH is 2. The van der Waals surface area contributed by atoms with E-state index in [0.29, 0.717) is 0 Å². The van der Waals surface area contributed by atoms with Crippen LogP contribution in [0.5, 0.6) is 5.75 Å². The average molecular weight is 254 g/mol. The maximum Gasteiger partial charge on any atom is 0.273 e. The molecule has 0 radical (unpaired) electrons. The summed E-state index contributed by atoms with van der Waals surface area (Å²) in [6, 6.07) is 3.65. The van der Waals surface area contributed by atoms with Gasteiger partial charge in [0.25, 0.3) is 11.6 Å². The number of rotatable bonds is 3. The predicted octanol–water partition coefficient (Wildman–Crippen LogP) is -0.351. The molecule has 0 atom stereocenters. The Morgan fingerprint density at radius 3 is 2.61 bits per heavy atom. The quantitative estimate of drug-likeness (QED) is 0.500. The molecule has 96 valence electrons. The van der Waals surface area contributed by atoms with E-state index >= 15 is 0 Å². The molecule has 8 heteroatoms. The fourth-order valence-corrected chi connectivity index (χ4v) is 1.57. The Balaban J connectivity index is 2.42. The highest BCUT2D eigenvalue weighted by atomic mass is 16.6. The molecule has 0 aromatic heterocycles. The number of nitrogens with one attached hydrogen (secondary N) is 1. The number of benzene rings is 1. The van der Waals surface area contributed by atoms with Crippen molar-refractivity contribution >= 4 is 17.3 Å². The second-order valence-electron chi connectivity index (χ2n) is 3.80. The Morgan fingerprint density at radius 2 is 2.06 bits per heavy atom. The molecular formula is C10H10N2O6. The van der Waals surface area contributed by atoms with Crippen LogP contribution < -0.4 is 10.1 Å². The lowest BCUT2D eigenvalue weighted by atomic mass is 10.0. The van der Waals surface area contributed by atoms with Crippen molar-refractivity contribution in [3.8, 4) is 5.75 Å². The molecule has 0 unspecified atom stereocenters. The van der Waals surface area contributed by atoms with Crippen molar-refractivity contribution < 1.29 is 24.7 Å². The van der Waals surface area contributed by atoms with Gasteiger partial charge in [0.1, 0.15) is 5.75 Å². The Morgan fingerprint density at radius 1 is 1.39 bits per heavy atom. The molecule has 8 nitrogen and oxygen atoms in total. The number of non-ortho nitro benzene ring substituents is 1. The molecule has 0 fully saturated rings. The van der Waals surface area contributed by atoms with E-state index in [9.17, 15) is 14.9 Å². The van der Waals surface area contributed by atoms with Gasteiger partial charge in [0, 0.05) is 12.1 Å². The van der Waals surface area contributed by atoms with E-state index in [1.165, 1.54) is 12.1 Å². The van der Waals surface area contributed by atoms with Crippen LogP contribution >= 0.6 is 0 Å². The second kappa shape index (κ2) is 4.24. The number of nitro benzene ring substituents is 1. The van der Waals surface area contributed by atoms with Gasteiger partial charge in [0.2, 0.25) is 5.60 Å². The first-order valence-electron chi connectivity index (χ1n) is 5.03. The summed E-state index contributed by atoms with van der Waals surface area (Å²) in [5, 5.41) is 31.2. The first-order chi connectivity index (χ1) is 8.52. The van der Waals surface area contributed by atoms with Crippen LogP contribution in [0.3, 0.4) is 0 Å². The third-order valence-electron chi connectivity index (χ3n) is 2.65. The predicted molar refractivity (Wildman–Crippen MR) is 59.3 cm³/mol. The number of nitrogens with zero attached hydrogens (tertiary/aromatic N) is 1. The van der Waals surface area contributed by atoms with E-state index in [1.807, 2.05) is 0 Å². The molecule has 0 saturated heterocycles. The molecular weight excluding hydrogens is 244 g/mol. The normalized spacial score (nSPS) is 16.4. The number of hydrogen-bond donors (Lipinski definition) is 3. The highest BCUT2D eigenvalue weighted by molar-refractivity contribution is 6.01. The summed E-state index contributed by atoms with van der Waals surface area (Å²) in [6.45, 7) is -1.41. The fourth-order valence-electron chi connectivity index (χ4n) is 1.57. The van der Waals surface area contributed by atoms with Crippen molar-refractivity contribution in [2.75, 3.05) is 18.5 Å². The molecule has 0 spiro atoms. The van der Waals surface area contributed by atoms with E-state index in [-0.39, 0.29) is 17.1 Å². The zero-order valence-corrected chi connectivity index (χ0v) is 9.12. The van der Waals surface area contributed by atoms with Crippen LogP contribution in [0, 0.1) is 10.1 Å². The third kappa shape index (κ3) is 1.77. The molecule has 1 aromatic rings. The summed E-state index contributed by atoms with van der Waals surface area (Å²) in [5.41, 5.74) is -1.83. The third-order valence-corrected chi connectivity index (χ3v) is 2.65. The smallest absolute Gasteiger partial charge is 0.273 e. The van der Waals surface area contributed by atoms with E-state index in [2.05, 4.69) is 5.32 Å². The standard InChI is InChI=1S/C10H10N2O6/c13-4-10(5-14)9(15)11-7-3-6(12(16)17)1-2-8(7)18-10/h1-3,13-14H,4-5H2,(H,11,15). The first kappa shape index (κ1) is 12.3. The largest absolute Gasteiger partial charge is 0.470 e. The molecule has 0 bridgehead atoms. The van der Waals surface area contributed by atoms with Crippen LogP contribution in [-0.4, -0.2) is 39.9 Å². The van der Waals surface area contributed by atoms with Gasteiger partial charge in [-0.1, -0.05) is 0 Å². The number of anilines is 1. The molecule has 2 rings (SSSR count). The second-order valence-corrected chi connectivity index (χ2v) is 3.80. The molecule has 1 aliphatic rings. The number of amides is 1. The van der Waals surface area contributed by atoms with Gasteiger partial charge >= 0.3 is 0 Å². The summed E-state index contributed by atoms with van der Waals surface area (Å²) in [7, 11) is 0. The number of nitro groups is 1. The molecule has 1 amide bonds. The summed E-state index contributed by atoms with van der Waals surface area (Å²) in [5.74, 6) is -0.594. The maximum atomic E-state index is 11.7. The van der Waals surface area contributed by atoms with Gasteiger partial charge in [0.15, 0.2) is 0 Å². The topological polar surface area (TPSA) is 122 Å². The zero-order chi connectivity index (χ0) is 13.3. The number of carbonyl (C=O) groups is 1. The van der Waals surface area contributed by atoms with Crippen molar-refractivity contribution in [1.82, 2.24) is 0 Å². The van der Waals surface area contributed by atoms with E-state index < -0.39 is 29.6 Å². The molecule has 1 heterocycles. The summed E-state index contributed by atoms with van der Waals surface area (Å²) in [4.78, 5) is 21.7. The fraction of sp³-hybridized carbons (Fsp3) is 0.300. The highest BCUT2D eigenvalue weighted by Crippen LogP contribution is 2.35. The van der Waals surface area contributed by atoms with Crippen molar-refractivity contribution in [2.45, 2.75) is 5.60 Å². The highest BCUT2D eigenvalue weighted by Gasteiger charge is 2.44. The van der Waals surface area contributed by atoms with Gasteiger partial charge in [-0.15, -0.1) is 0 Å². The summed E-state index contributed by atoms with van der Waals surface area (Å²) >= 11 is 0. The first-order valence-corrected chi connectivity index (χ1v) is 5.03. The molecule has 0 saturated carbocycles. The lowest BCUT2D eigenvalue weighted by Gasteiger charge is -2.34. The van der Waals surface area contributed by atoms with Gasteiger partial charge in [-0.3, -0.25) is 14.9 Å². The van der Waals surface area contributed by atoms with Crippen LogP contribution in [-0.2, 0) is 4.79 Å². The van der Waals surface area contributed by atoms with E-state index in [0.717, 1.165) is 6.07 Å². The van der Waals surface area contributed by atoms with Gasteiger partial charge < -0.3 is 20.3 Å². The molecule has 3 N–H and O–H groups in total.